The van der Waals surface area contributed by atoms with Crippen LogP contribution in [0.2, 0.25) is 0 Å². The second-order valence-electron chi connectivity index (χ2n) is 3.18. The number of hydrogen-bond acceptors (Lipinski definition) is 3. The van der Waals surface area contributed by atoms with Gasteiger partial charge >= 0.3 is 0 Å². The van der Waals surface area contributed by atoms with Gasteiger partial charge in [-0.15, -0.1) is 0 Å². The van der Waals surface area contributed by atoms with E-state index in [0.717, 1.165) is 5.56 Å². The largest absolute Gasteiger partial charge is 0.372 e. The van der Waals surface area contributed by atoms with Crippen LogP contribution in [0.25, 0.3) is 0 Å². The molecule has 1 rings (SSSR count). The smallest absolute Gasteiger partial charge is 0.143 e. The van der Waals surface area contributed by atoms with Gasteiger partial charge in [0.05, 0.1) is 5.56 Å². The molecule has 0 aliphatic heterocycles. The first kappa shape index (κ1) is 9.53. The summed E-state index contributed by atoms with van der Waals surface area (Å²) < 4.78 is 0. The highest BCUT2D eigenvalue weighted by Crippen LogP contribution is 2.18. The fourth-order valence-electron chi connectivity index (χ4n) is 1.08. The Labute approximate surface area is 78.4 Å². The Morgan fingerprint density at radius 3 is 2.69 bits per heavy atom. The predicted molar refractivity (Wildman–Crippen MR) is 52.6 cm³/mol. The summed E-state index contributed by atoms with van der Waals surface area (Å²) in [6.45, 7) is 4.16. The molecule has 0 spiro atoms. The fourth-order valence-corrected chi connectivity index (χ4v) is 1.08. The summed E-state index contributed by atoms with van der Waals surface area (Å²) in [5, 5.41) is 11.7. The van der Waals surface area contributed by atoms with Crippen molar-refractivity contribution in [2.24, 2.45) is 0 Å². The number of rotatable bonds is 2. The summed E-state index contributed by atoms with van der Waals surface area (Å²) in [4.78, 5) is 4.16. The van der Waals surface area contributed by atoms with Crippen LogP contribution in [0.4, 0.5) is 5.82 Å². The lowest BCUT2D eigenvalue weighted by Gasteiger charge is -2.07. The summed E-state index contributed by atoms with van der Waals surface area (Å²) in [7, 11) is 1.76. The summed E-state index contributed by atoms with van der Waals surface area (Å²) in [6, 6.07) is 4.00. The van der Waals surface area contributed by atoms with Crippen molar-refractivity contribution in [2.75, 3.05) is 12.4 Å². The molecule has 3 nitrogen and oxygen atoms in total. The second kappa shape index (κ2) is 3.90. The average Bonchev–Trinajstić information content (AvgIpc) is 2.16. The lowest BCUT2D eigenvalue weighted by molar-refractivity contribution is 0.857. The number of pyridine rings is 1. The molecule has 0 fully saturated rings. The van der Waals surface area contributed by atoms with Crippen LogP contribution in [0.15, 0.2) is 12.3 Å². The third-order valence-electron chi connectivity index (χ3n) is 1.93. The first-order valence-corrected chi connectivity index (χ1v) is 4.26. The standard InChI is InChI=1S/C10H13N3/c1-7(2)9-4-8(5-11)10(12-3)13-6-9/h4,6-7H,1-3H3,(H,12,13). The molecule has 0 aromatic carbocycles. The predicted octanol–water partition coefficient (Wildman–Crippen LogP) is 2.12. The number of nitrogens with one attached hydrogen (secondary N) is 1. The molecule has 0 bridgehead atoms. The lowest BCUT2D eigenvalue weighted by atomic mass is 10.0. The van der Waals surface area contributed by atoms with Gasteiger partial charge in [-0.1, -0.05) is 13.8 Å². The molecule has 3 heteroatoms. The van der Waals surface area contributed by atoms with E-state index in [1.807, 2.05) is 6.07 Å². The minimum atomic E-state index is 0.408. The lowest BCUT2D eigenvalue weighted by Crippen LogP contribution is -1.98. The van der Waals surface area contributed by atoms with Gasteiger partial charge in [0.2, 0.25) is 0 Å². The maximum Gasteiger partial charge on any atom is 0.143 e. The van der Waals surface area contributed by atoms with E-state index in [1.54, 1.807) is 13.2 Å². The number of nitriles is 1. The molecule has 1 N–H and O–H groups in total. The number of nitrogens with zero attached hydrogens (tertiary/aromatic N) is 2. The van der Waals surface area contributed by atoms with E-state index in [0.29, 0.717) is 17.3 Å². The summed E-state index contributed by atoms with van der Waals surface area (Å²) in [5.41, 5.74) is 1.70. The Morgan fingerprint density at radius 2 is 2.23 bits per heavy atom. The Bertz CT molecular complexity index is 337. The van der Waals surface area contributed by atoms with Gasteiger partial charge in [0, 0.05) is 13.2 Å². The molecular weight excluding hydrogens is 162 g/mol. The first-order valence-electron chi connectivity index (χ1n) is 4.26. The Hall–Kier alpha value is -1.56. The van der Waals surface area contributed by atoms with E-state index in [4.69, 9.17) is 5.26 Å². The van der Waals surface area contributed by atoms with Crippen LogP contribution in [-0.4, -0.2) is 12.0 Å². The van der Waals surface area contributed by atoms with Crippen molar-refractivity contribution in [1.29, 1.82) is 5.26 Å². The molecule has 0 unspecified atom stereocenters. The molecule has 1 heterocycles. The molecule has 0 radical (unpaired) electrons. The van der Waals surface area contributed by atoms with Gasteiger partial charge in [-0.2, -0.15) is 5.26 Å². The van der Waals surface area contributed by atoms with E-state index in [9.17, 15) is 0 Å². The Kier molecular flexibility index (Phi) is 2.86. The van der Waals surface area contributed by atoms with Crippen molar-refractivity contribution >= 4 is 5.82 Å². The van der Waals surface area contributed by atoms with Crippen molar-refractivity contribution in [3.8, 4) is 6.07 Å². The van der Waals surface area contributed by atoms with Gasteiger partial charge in [-0.3, -0.25) is 0 Å². The van der Waals surface area contributed by atoms with Gasteiger partial charge in [0.15, 0.2) is 0 Å². The Morgan fingerprint density at radius 1 is 1.54 bits per heavy atom. The monoisotopic (exact) mass is 175 g/mol. The summed E-state index contributed by atoms with van der Waals surface area (Å²) >= 11 is 0. The Balaban J connectivity index is 3.15. The van der Waals surface area contributed by atoms with Crippen molar-refractivity contribution in [1.82, 2.24) is 4.98 Å². The molecular formula is C10H13N3. The number of aromatic nitrogens is 1. The maximum atomic E-state index is 8.83. The van der Waals surface area contributed by atoms with Gasteiger partial charge in [-0.05, 0) is 17.5 Å². The molecule has 1 aromatic rings. The van der Waals surface area contributed by atoms with Crippen LogP contribution in [0.1, 0.15) is 30.9 Å². The molecule has 0 saturated heterocycles. The average molecular weight is 175 g/mol. The van der Waals surface area contributed by atoms with Crippen molar-refractivity contribution < 1.29 is 0 Å². The molecule has 0 saturated carbocycles. The van der Waals surface area contributed by atoms with Crippen molar-refractivity contribution in [3.05, 3.63) is 23.4 Å². The van der Waals surface area contributed by atoms with Crippen molar-refractivity contribution in [3.63, 3.8) is 0 Å². The van der Waals surface area contributed by atoms with Gasteiger partial charge in [0.25, 0.3) is 0 Å². The topological polar surface area (TPSA) is 48.7 Å². The summed E-state index contributed by atoms with van der Waals surface area (Å²) in [5.74, 6) is 1.05. The van der Waals surface area contributed by atoms with Crippen LogP contribution >= 0.6 is 0 Å². The molecule has 1 aromatic heterocycles. The highest BCUT2D eigenvalue weighted by atomic mass is 15.0. The molecule has 0 amide bonds. The molecule has 0 aliphatic rings. The maximum absolute atomic E-state index is 8.83. The second-order valence-corrected chi connectivity index (χ2v) is 3.18. The van der Waals surface area contributed by atoms with Crippen LogP contribution in [0.5, 0.6) is 0 Å². The van der Waals surface area contributed by atoms with Gasteiger partial charge < -0.3 is 5.32 Å². The fraction of sp³-hybridized carbons (Fsp3) is 0.400. The minimum absolute atomic E-state index is 0.408. The highest BCUT2D eigenvalue weighted by molar-refractivity contribution is 5.52. The molecule has 13 heavy (non-hydrogen) atoms. The highest BCUT2D eigenvalue weighted by Gasteiger charge is 2.05. The third-order valence-corrected chi connectivity index (χ3v) is 1.93. The summed E-state index contributed by atoms with van der Waals surface area (Å²) in [6.07, 6.45) is 1.80. The zero-order chi connectivity index (χ0) is 9.84. The molecule has 0 atom stereocenters. The normalized spacial score (nSPS) is 9.77. The number of anilines is 1. The van der Waals surface area contributed by atoms with E-state index in [2.05, 4.69) is 30.2 Å². The zero-order valence-electron chi connectivity index (χ0n) is 8.13. The van der Waals surface area contributed by atoms with Gasteiger partial charge in [-0.25, -0.2) is 4.98 Å². The van der Waals surface area contributed by atoms with Crippen LogP contribution in [0.3, 0.4) is 0 Å². The first-order chi connectivity index (χ1) is 6.19. The van der Waals surface area contributed by atoms with Gasteiger partial charge in [0.1, 0.15) is 11.9 Å². The van der Waals surface area contributed by atoms with Crippen LogP contribution in [0, 0.1) is 11.3 Å². The SMILES string of the molecule is CNc1ncc(C(C)C)cc1C#N. The molecule has 68 valence electrons. The van der Waals surface area contributed by atoms with Crippen LogP contribution < -0.4 is 5.32 Å². The quantitative estimate of drug-likeness (QED) is 0.749. The van der Waals surface area contributed by atoms with Crippen LogP contribution in [-0.2, 0) is 0 Å². The van der Waals surface area contributed by atoms with E-state index >= 15 is 0 Å². The minimum Gasteiger partial charge on any atom is -0.372 e. The van der Waals surface area contributed by atoms with E-state index < -0.39 is 0 Å². The van der Waals surface area contributed by atoms with Crippen molar-refractivity contribution in [2.45, 2.75) is 19.8 Å². The van der Waals surface area contributed by atoms with E-state index in [1.165, 1.54) is 0 Å². The zero-order valence-corrected chi connectivity index (χ0v) is 8.13. The number of hydrogen-bond donors (Lipinski definition) is 1. The van der Waals surface area contributed by atoms with E-state index in [-0.39, 0.29) is 0 Å². The molecule has 0 aliphatic carbocycles. The third kappa shape index (κ3) is 1.97.